The molecule has 0 aliphatic heterocycles. The molecule has 0 heterocycles. The van der Waals surface area contributed by atoms with Crippen LogP contribution < -0.4 is 4.74 Å². The van der Waals surface area contributed by atoms with E-state index in [0.29, 0.717) is 17.9 Å². The number of nitrogens with zero attached hydrogens (tertiary/aromatic N) is 1. The molecule has 16 heavy (non-hydrogen) atoms. The summed E-state index contributed by atoms with van der Waals surface area (Å²) in [4.78, 5) is 10.2. The first kappa shape index (κ1) is 12.4. The predicted molar refractivity (Wildman–Crippen MR) is 59.8 cm³/mol. The number of rotatable bonds is 5. The van der Waals surface area contributed by atoms with Crippen molar-refractivity contribution in [3.63, 3.8) is 0 Å². The third-order valence-corrected chi connectivity index (χ3v) is 2.31. The third-order valence-electron chi connectivity index (χ3n) is 2.31. The molecule has 1 atom stereocenters. The van der Waals surface area contributed by atoms with Crippen LogP contribution >= 0.6 is 0 Å². The number of hydrogen-bond donors (Lipinski definition) is 1. The average molecular weight is 225 g/mol. The van der Waals surface area contributed by atoms with Crippen LogP contribution in [0.2, 0.25) is 0 Å². The topological polar surface area (TPSA) is 72.6 Å². The van der Waals surface area contributed by atoms with E-state index in [4.69, 9.17) is 9.84 Å². The Kier molecular flexibility index (Phi) is 4.25. The molecule has 1 rings (SSSR count). The molecule has 0 bridgehead atoms. The Hall–Kier alpha value is -1.62. The molecule has 1 unspecified atom stereocenters. The van der Waals surface area contributed by atoms with Crippen LogP contribution in [0.15, 0.2) is 18.2 Å². The van der Waals surface area contributed by atoms with Crippen LogP contribution in [-0.4, -0.2) is 23.2 Å². The molecule has 1 N–H and O–H groups in total. The molecule has 5 nitrogen and oxygen atoms in total. The Morgan fingerprint density at radius 1 is 1.56 bits per heavy atom. The Bertz CT molecular complexity index is 378. The molecule has 0 aliphatic carbocycles. The fourth-order valence-corrected chi connectivity index (χ4v) is 1.42. The van der Waals surface area contributed by atoms with Gasteiger partial charge in [0.2, 0.25) is 0 Å². The molecule has 0 amide bonds. The monoisotopic (exact) mass is 225 g/mol. The molecule has 0 radical (unpaired) electrons. The summed E-state index contributed by atoms with van der Waals surface area (Å²) in [5.74, 6) is 0.413. The molecule has 0 spiro atoms. The van der Waals surface area contributed by atoms with Crippen LogP contribution in [0.25, 0.3) is 0 Å². The molecular weight excluding hydrogens is 210 g/mol. The van der Waals surface area contributed by atoms with Crippen molar-refractivity contribution in [3.05, 3.63) is 33.9 Å². The van der Waals surface area contributed by atoms with Gasteiger partial charge in [0, 0.05) is 30.2 Å². The lowest BCUT2D eigenvalue weighted by Gasteiger charge is -2.14. The van der Waals surface area contributed by atoms with Gasteiger partial charge in [-0.3, -0.25) is 10.1 Å². The zero-order valence-electron chi connectivity index (χ0n) is 9.34. The van der Waals surface area contributed by atoms with Crippen molar-refractivity contribution < 1.29 is 14.8 Å². The predicted octanol–water partition coefficient (Wildman–Crippen LogP) is 2.09. The van der Waals surface area contributed by atoms with Crippen molar-refractivity contribution in [3.8, 4) is 5.75 Å². The third kappa shape index (κ3) is 2.70. The summed E-state index contributed by atoms with van der Waals surface area (Å²) >= 11 is 0. The summed E-state index contributed by atoms with van der Waals surface area (Å²) in [6.07, 6.45) is 0. The van der Waals surface area contributed by atoms with Gasteiger partial charge in [0.05, 0.1) is 11.5 Å². The van der Waals surface area contributed by atoms with E-state index in [1.807, 2.05) is 6.92 Å². The van der Waals surface area contributed by atoms with E-state index >= 15 is 0 Å². The fourth-order valence-electron chi connectivity index (χ4n) is 1.42. The number of non-ortho nitro benzene ring substituents is 1. The van der Waals surface area contributed by atoms with E-state index in [-0.39, 0.29) is 18.2 Å². The molecule has 0 aromatic heterocycles. The molecule has 5 heteroatoms. The molecule has 0 saturated heterocycles. The zero-order chi connectivity index (χ0) is 12.1. The van der Waals surface area contributed by atoms with E-state index in [9.17, 15) is 10.1 Å². The van der Waals surface area contributed by atoms with Crippen molar-refractivity contribution in [1.29, 1.82) is 0 Å². The highest BCUT2D eigenvalue weighted by atomic mass is 16.6. The molecule has 1 aromatic carbocycles. The second kappa shape index (κ2) is 5.46. The first-order valence-electron chi connectivity index (χ1n) is 5.12. The number of ether oxygens (including phenoxy) is 1. The van der Waals surface area contributed by atoms with E-state index in [1.54, 1.807) is 13.0 Å². The van der Waals surface area contributed by atoms with Crippen molar-refractivity contribution in [2.24, 2.45) is 0 Å². The second-order valence-electron chi connectivity index (χ2n) is 3.50. The van der Waals surface area contributed by atoms with Gasteiger partial charge in [-0.25, -0.2) is 0 Å². The summed E-state index contributed by atoms with van der Waals surface area (Å²) in [6, 6.07) is 4.42. The highest BCUT2D eigenvalue weighted by Crippen LogP contribution is 2.30. The van der Waals surface area contributed by atoms with Gasteiger partial charge in [-0.1, -0.05) is 6.92 Å². The van der Waals surface area contributed by atoms with Gasteiger partial charge >= 0.3 is 0 Å². The fraction of sp³-hybridized carbons (Fsp3) is 0.455. The maximum atomic E-state index is 10.6. The van der Waals surface area contributed by atoms with Crippen LogP contribution in [0.4, 0.5) is 5.69 Å². The molecular formula is C11H15NO4. The molecule has 0 aliphatic rings. The normalized spacial score (nSPS) is 12.2. The SMILES string of the molecule is CCOc1ccc([N+](=O)[O-])cc1C(C)CO. The van der Waals surface area contributed by atoms with Gasteiger partial charge in [0.1, 0.15) is 5.75 Å². The Morgan fingerprint density at radius 2 is 2.25 bits per heavy atom. The summed E-state index contributed by atoms with van der Waals surface area (Å²) in [5, 5.41) is 19.7. The maximum absolute atomic E-state index is 10.6. The minimum Gasteiger partial charge on any atom is -0.494 e. The van der Waals surface area contributed by atoms with Crippen molar-refractivity contribution in [1.82, 2.24) is 0 Å². The van der Waals surface area contributed by atoms with Gasteiger partial charge in [-0.15, -0.1) is 0 Å². The van der Waals surface area contributed by atoms with E-state index in [0.717, 1.165) is 0 Å². The van der Waals surface area contributed by atoms with E-state index in [1.165, 1.54) is 12.1 Å². The van der Waals surface area contributed by atoms with Crippen LogP contribution in [0.1, 0.15) is 25.3 Å². The van der Waals surface area contributed by atoms with Crippen LogP contribution in [0.3, 0.4) is 0 Å². The van der Waals surface area contributed by atoms with Gasteiger partial charge in [-0.2, -0.15) is 0 Å². The quantitative estimate of drug-likeness (QED) is 0.615. The van der Waals surface area contributed by atoms with Crippen molar-refractivity contribution in [2.45, 2.75) is 19.8 Å². The first-order chi connectivity index (χ1) is 7.60. The van der Waals surface area contributed by atoms with Crippen LogP contribution in [-0.2, 0) is 0 Å². The Balaban J connectivity index is 3.15. The molecule has 88 valence electrons. The summed E-state index contributed by atoms with van der Waals surface area (Å²) < 4.78 is 5.36. The van der Waals surface area contributed by atoms with Crippen molar-refractivity contribution in [2.75, 3.05) is 13.2 Å². The van der Waals surface area contributed by atoms with Gasteiger partial charge in [0.25, 0.3) is 5.69 Å². The summed E-state index contributed by atoms with van der Waals surface area (Å²) in [6.45, 7) is 4.06. The van der Waals surface area contributed by atoms with Gasteiger partial charge < -0.3 is 9.84 Å². The minimum atomic E-state index is -0.455. The number of nitro benzene ring substituents is 1. The van der Waals surface area contributed by atoms with E-state index < -0.39 is 4.92 Å². The molecule has 1 aromatic rings. The van der Waals surface area contributed by atoms with E-state index in [2.05, 4.69) is 0 Å². The number of aliphatic hydroxyl groups excluding tert-OH is 1. The standard InChI is InChI=1S/C11H15NO4/c1-3-16-11-5-4-9(12(14)15)6-10(11)8(2)7-13/h4-6,8,13H,3,7H2,1-2H3. The molecule has 0 fully saturated rings. The second-order valence-corrected chi connectivity index (χ2v) is 3.50. The summed E-state index contributed by atoms with van der Waals surface area (Å²) in [7, 11) is 0. The maximum Gasteiger partial charge on any atom is 0.269 e. The number of hydrogen-bond acceptors (Lipinski definition) is 4. The first-order valence-corrected chi connectivity index (χ1v) is 5.12. The lowest BCUT2D eigenvalue weighted by Crippen LogP contribution is -2.04. The Labute approximate surface area is 93.8 Å². The highest BCUT2D eigenvalue weighted by molar-refractivity contribution is 5.45. The summed E-state index contributed by atoms with van der Waals surface area (Å²) in [5.41, 5.74) is 0.678. The highest BCUT2D eigenvalue weighted by Gasteiger charge is 2.16. The average Bonchev–Trinajstić information content (AvgIpc) is 2.28. The minimum absolute atomic E-state index is 0.0127. The number of nitro groups is 1. The van der Waals surface area contributed by atoms with Crippen LogP contribution in [0.5, 0.6) is 5.75 Å². The van der Waals surface area contributed by atoms with Crippen LogP contribution in [0, 0.1) is 10.1 Å². The lowest BCUT2D eigenvalue weighted by atomic mass is 10.0. The Morgan fingerprint density at radius 3 is 2.75 bits per heavy atom. The lowest BCUT2D eigenvalue weighted by molar-refractivity contribution is -0.385. The van der Waals surface area contributed by atoms with Gasteiger partial charge in [0.15, 0.2) is 0 Å². The smallest absolute Gasteiger partial charge is 0.269 e. The molecule has 0 saturated carbocycles. The van der Waals surface area contributed by atoms with Crippen molar-refractivity contribution >= 4 is 5.69 Å². The largest absolute Gasteiger partial charge is 0.494 e. The van der Waals surface area contributed by atoms with Gasteiger partial charge in [-0.05, 0) is 13.0 Å². The zero-order valence-corrected chi connectivity index (χ0v) is 9.34. The number of benzene rings is 1. The number of aliphatic hydroxyl groups is 1.